The first kappa shape index (κ1) is 12.4. The summed E-state index contributed by atoms with van der Waals surface area (Å²) in [4.78, 5) is 14.7. The number of para-hydroxylation sites is 2. The zero-order valence-electron chi connectivity index (χ0n) is 10.9. The average molecular weight is 271 g/mol. The number of furan rings is 1. The Morgan fingerprint density at radius 1 is 1.30 bits per heavy atom. The molecule has 20 heavy (non-hydrogen) atoms. The van der Waals surface area contributed by atoms with Gasteiger partial charge in [-0.3, -0.25) is 10.1 Å². The molecule has 102 valence electrons. The van der Waals surface area contributed by atoms with Crippen LogP contribution in [0.5, 0.6) is 0 Å². The Balaban J connectivity index is 2.02. The van der Waals surface area contributed by atoms with Gasteiger partial charge in [0, 0.05) is 6.42 Å². The second-order valence-corrected chi connectivity index (χ2v) is 4.45. The van der Waals surface area contributed by atoms with E-state index in [0.717, 1.165) is 23.3 Å². The summed E-state index contributed by atoms with van der Waals surface area (Å²) in [7, 11) is 0. The van der Waals surface area contributed by atoms with Crippen LogP contribution in [0.4, 0.5) is 5.88 Å². The van der Waals surface area contributed by atoms with E-state index in [0.29, 0.717) is 12.3 Å². The van der Waals surface area contributed by atoms with Gasteiger partial charge in [-0.2, -0.15) is 0 Å². The van der Waals surface area contributed by atoms with Crippen molar-refractivity contribution in [2.75, 3.05) is 0 Å². The van der Waals surface area contributed by atoms with Gasteiger partial charge in [0.2, 0.25) is 0 Å². The molecule has 0 saturated carbocycles. The van der Waals surface area contributed by atoms with Crippen molar-refractivity contribution in [1.82, 2.24) is 9.55 Å². The quantitative estimate of drug-likeness (QED) is 0.539. The number of fused-ring (bicyclic) bond motifs is 1. The highest BCUT2D eigenvalue weighted by Gasteiger charge is 2.15. The molecule has 2 aromatic heterocycles. The summed E-state index contributed by atoms with van der Waals surface area (Å²) in [6.07, 6.45) is 0.789. The third-order valence-corrected chi connectivity index (χ3v) is 3.19. The molecule has 0 atom stereocenters. The van der Waals surface area contributed by atoms with Gasteiger partial charge in [0.15, 0.2) is 0 Å². The molecule has 0 spiro atoms. The number of aryl methyl sites for hydroxylation is 1. The minimum Gasteiger partial charge on any atom is -0.404 e. The van der Waals surface area contributed by atoms with Crippen molar-refractivity contribution in [3.8, 4) is 0 Å². The fraction of sp³-hybridized carbons (Fsp3) is 0.214. The molecule has 0 saturated heterocycles. The van der Waals surface area contributed by atoms with Crippen LogP contribution < -0.4 is 0 Å². The van der Waals surface area contributed by atoms with Gasteiger partial charge in [-0.1, -0.05) is 19.1 Å². The number of nitro groups is 1. The van der Waals surface area contributed by atoms with Gasteiger partial charge in [-0.05, 0) is 18.2 Å². The van der Waals surface area contributed by atoms with Crippen molar-refractivity contribution in [2.45, 2.75) is 19.9 Å². The first-order chi connectivity index (χ1) is 9.69. The second-order valence-electron chi connectivity index (χ2n) is 4.45. The SMILES string of the molecule is CCc1nc2ccccc2n1Cc1ccc([N+](=O)[O-])o1. The second kappa shape index (κ2) is 4.80. The molecular weight excluding hydrogens is 258 g/mol. The monoisotopic (exact) mass is 271 g/mol. The molecule has 0 aliphatic heterocycles. The molecule has 6 nitrogen and oxygen atoms in total. The number of imidazole rings is 1. The predicted octanol–water partition coefficient (Wildman–Crippen LogP) is 3.15. The standard InChI is InChI=1S/C14H13N3O3/c1-2-13-15-11-5-3-4-6-12(11)16(13)9-10-7-8-14(20-10)17(18)19/h3-8H,2,9H2,1H3. The molecule has 0 radical (unpaired) electrons. The van der Waals surface area contributed by atoms with E-state index in [1.807, 2.05) is 35.8 Å². The maximum Gasteiger partial charge on any atom is 0.433 e. The molecule has 0 unspecified atom stereocenters. The summed E-state index contributed by atoms with van der Waals surface area (Å²) in [5, 5.41) is 10.6. The van der Waals surface area contributed by atoms with Crippen LogP contribution in [-0.2, 0) is 13.0 Å². The third kappa shape index (κ3) is 2.05. The van der Waals surface area contributed by atoms with Gasteiger partial charge in [0.25, 0.3) is 0 Å². The number of benzene rings is 1. The first-order valence-electron chi connectivity index (χ1n) is 6.36. The summed E-state index contributed by atoms with van der Waals surface area (Å²) in [6.45, 7) is 2.47. The van der Waals surface area contributed by atoms with E-state index in [4.69, 9.17) is 4.42 Å². The summed E-state index contributed by atoms with van der Waals surface area (Å²) >= 11 is 0. The Kier molecular flexibility index (Phi) is 2.98. The Morgan fingerprint density at radius 3 is 2.80 bits per heavy atom. The van der Waals surface area contributed by atoms with E-state index < -0.39 is 4.92 Å². The van der Waals surface area contributed by atoms with Crippen molar-refractivity contribution in [1.29, 1.82) is 0 Å². The predicted molar refractivity (Wildman–Crippen MR) is 73.6 cm³/mol. The third-order valence-electron chi connectivity index (χ3n) is 3.19. The van der Waals surface area contributed by atoms with Crippen LogP contribution in [-0.4, -0.2) is 14.5 Å². The number of rotatable bonds is 4. The van der Waals surface area contributed by atoms with Crippen molar-refractivity contribution >= 4 is 16.9 Å². The molecule has 0 fully saturated rings. The van der Waals surface area contributed by atoms with Crippen molar-refractivity contribution in [3.63, 3.8) is 0 Å². The normalized spacial score (nSPS) is 11.1. The van der Waals surface area contributed by atoms with E-state index in [9.17, 15) is 10.1 Å². The molecular formula is C14H13N3O3. The van der Waals surface area contributed by atoms with E-state index in [1.165, 1.54) is 6.07 Å². The van der Waals surface area contributed by atoms with Crippen LogP contribution in [0.2, 0.25) is 0 Å². The summed E-state index contributed by atoms with van der Waals surface area (Å²) < 4.78 is 7.24. The summed E-state index contributed by atoms with van der Waals surface area (Å²) in [5.74, 6) is 1.25. The lowest BCUT2D eigenvalue weighted by Gasteiger charge is -2.05. The smallest absolute Gasteiger partial charge is 0.404 e. The molecule has 1 aromatic carbocycles. The number of hydrogen-bond acceptors (Lipinski definition) is 4. The lowest BCUT2D eigenvalue weighted by molar-refractivity contribution is -0.402. The van der Waals surface area contributed by atoms with Gasteiger partial charge in [-0.15, -0.1) is 0 Å². The average Bonchev–Trinajstić information content (AvgIpc) is 3.04. The zero-order chi connectivity index (χ0) is 14.1. The first-order valence-corrected chi connectivity index (χ1v) is 6.36. The molecule has 0 amide bonds. The maximum atomic E-state index is 10.6. The fourth-order valence-corrected chi connectivity index (χ4v) is 2.28. The highest BCUT2D eigenvalue weighted by molar-refractivity contribution is 5.76. The molecule has 0 bridgehead atoms. The molecule has 3 rings (SSSR count). The van der Waals surface area contributed by atoms with Crippen LogP contribution in [0.15, 0.2) is 40.8 Å². The van der Waals surface area contributed by atoms with Gasteiger partial charge in [0.05, 0.1) is 23.6 Å². The van der Waals surface area contributed by atoms with Crippen molar-refractivity contribution in [3.05, 3.63) is 58.1 Å². The number of aromatic nitrogens is 2. The summed E-state index contributed by atoms with van der Waals surface area (Å²) in [5.41, 5.74) is 1.92. The lowest BCUT2D eigenvalue weighted by Crippen LogP contribution is -2.03. The van der Waals surface area contributed by atoms with Gasteiger partial charge >= 0.3 is 5.88 Å². The Hall–Kier alpha value is -2.63. The van der Waals surface area contributed by atoms with E-state index >= 15 is 0 Å². The van der Waals surface area contributed by atoms with Gasteiger partial charge < -0.3 is 8.98 Å². The largest absolute Gasteiger partial charge is 0.433 e. The Labute approximate surface area is 114 Å². The van der Waals surface area contributed by atoms with Crippen LogP contribution in [0, 0.1) is 10.1 Å². The highest BCUT2D eigenvalue weighted by atomic mass is 16.6. The number of hydrogen-bond donors (Lipinski definition) is 0. The van der Waals surface area contributed by atoms with Crippen LogP contribution in [0.1, 0.15) is 18.5 Å². The van der Waals surface area contributed by atoms with E-state index in [-0.39, 0.29) is 5.88 Å². The van der Waals surface area contributed by atoms with Crippen LogP contribution in [0.3, 0.4) is 0 Å². The Morgan fingerprint density at radius 2 is 2.10 bits per heavy atom. The van der Waals surface area contributed by atoms with E-state index in [2.05, 4.69) is 4.98 Å². The highest BCUT2D eigenvalue weighted by Crippen LogP contribution is 2.21. The van der Waals surface area contributed by atoms with E-state index in [1.54, 1.807) is 6.07 Å². The Bertz CT molecular complexity index is 773. The zero-order valence-corrected chi connectivity index (χ0v) is 10.9. The molecule has 3 aromatic rings. The molecule has 0 N–H and O–H groups in total. The van der Waals surface area contributed by atoms with Crippen molar-refractivity contribution < 1.29 is 9.34 Å². The molecule has 0 aliphatic rings. The van der Waals surface area contributed by atoms with Gasteiger partial charge in [0.1, 0.15) is 16.5 Å². The lowest BCUT2D eigenvalue weighted by atomic mass is 10.3. The topological polar surface area (TPSA) is 74.1 Å². The minimum absolute atomic E-state index is 0.234. The summed E-state index contributed by atoms with van der Waals surface area (Å²) in [6, 6.07) is 10.8. The minimum atomic E-state index is -0.531. The number of nitrogens with zero attached hydrogens (tertiary/aromatic N) is 3. The molecule has 2 heterocycles. The maximum absolute atomic E-state index is 10.6. The molecule has 0 aliphatic carbocycles. The fourth-order valence-electron chi connectivity index (χ4n) is 2.28. The molecule has 6 heteroatoms. The van der Waals surface area contributed by atoms with Crippen LogP contribution >= 0.6 is 0 Å². The van der Waals surface area contributed by atoms with Crippen LogP contribution in [0.25, 0.3) is 11.0 Å². The van der Waals surface area contributed by atoms with Crippen molar-refractivity contribution in [2.24, 2.45) is 0 Å². The van der Waals surface area contributed by atoms with Gasteiger partial charge in [-0.25, -0.2) is 4.98 Å².